The lowest BCUT2D eigenvalue weighted by Crippen LogP contribution is -2.48. The summed E-state index contributed by atoms with van der Waals surface area (Å²) in [6.07, 6.45) is 0.972. The zero-order valence-electron chi connectivity index (χ0n) is 25.7. The van der Waals surface area contributed by atoms with E-state index in [4.69, 9.17) is 4.74 Å². The standard InChI is InChI=1S/C36H38N6O2/c1-24(2)41-18-20-42(21-19-41)31-13-11-30(12-14-31)38-35-37-17-16-34(39-35)40-36(43)44-32-15-10-27-22-29(9-8-28(27)23-32)33-7-5-6-25(3)26(33)4/h5-17,22-24H,18-21H2,1-4H3,(H2,37,38,39,40,43). The molecule has 1 aromatic heterocycles. The summed E-state index contributed by atoms with van der Waals surface area (Å²) in [6.45, 7) is 13.0. The van der Waals surface area contributed by atoms with Crippen LogP contribution < -0.4 is 20.3 Å². The van der Waals surface area contributed by atoms with Gasteiger partial charge in [0.25, 0.3) is 0 Å². The molecule has 1 aliphatic heterocycles. The average molecular weight is 587 g/mol. The van der Waals surface area contributed by atoms with E-state index < -0.39 is 6.09 Å². The molecule has 4 aromatic carbocycles. The Labute approximate surface area is 258 Å². The second-order valence-corrected chi connectivity index (χ2v) is 11.5. The normalized spacial score (nSPS) is 13.7. The van der Waals surface area contributed by atoms with E-state index in [1.807, 2.05) is 24.3 Å². The van der Waals surface area contributed by atoms with Crippen molar-refractivity contribution in [3.8, 4) is 16.9 Å². The van der Waals surface area contributed by atoms with E-state index >= 15 is 0 Å². The van der Waals surface area contributed by atoms with Gasteiger partial charge >= 0.3 is 6.09 Å². The van der Waals surface area contributed by atoms with Gasteiger partial charge in [0.2, 0.25) is 5.95 Å². The summed E-state index contributed by atoms with van der Waals surface area (Å²) < 4.78 is 5.59. The monoisotopic (exact) mass is 586 g/mol. The van der Waals surface area contributed by atoms with Gasteiger partial charge in [-0.1, -0.05) is 36.4 Å². The Morgan fingerprint density at radius 2 is 1.61 bits per heavy atom. The number of carbonyl (C=O) groups is 1. The minimum atomic E-state index is -0.622. The van der Waals surface area contributed by atoms with Crippen LogP contribution in [0.5, 0.6) is 5.75 Å². The number of hydrogen-bond donors (Lipinski definition) is 2. The number of nitrogens with one attached hydrogen (secondary N) is 2. The maximum absolute atomic E-state index is 12.7. The Balaban J connectivity index is 1.06. The van der Waals surface area contributed by atoms with E-state index in [9.17, 15) is 4.79 Å². The molecule has 0 atom stereocenters. The topological polar surface area (TPSA) is 82.6 Å². The van der Waals surface area contributed by atoms with Gasteiger partial charge in [-0.25, -0.2) is 9.78 Å². The van der Waals surface area contributed by atoms with Crippen LogP contribution in [0.1, 0.15) is 25.0 Å². The number of nitrogens with zero attached hydrogens (tertiary/aromatic N) is 4. The molecule has 2 N–H and O–H groups in total. The lowest BCUT2D eigenvalue weighted by Gasteiger charge is -2.38. The van der Waals surface area contributed by atoms with E-state index in [-0.39, 0.29) is 0 Å². The maximum Gasteiger partial charge on any atom is 0.418 e. The number of carbonyl (C=O) groups excluding carboxylic acids is 1. The molecule has 1 fully saturated rings. The molecule has 5 aromatic rings. The highest BCUT2D eigenvalue weighted by molar-refractivity contribution is 5.90. The second-order valence-electron chi connectivity index (χ2n) is 11.5. The van der Waals surface area contributed by atoms with Crippen LogP contribution in [0.2, 0.25) is 0 Å². The minimum absolute atomic E-state index is 0.339. The summed E-state index contributed by atoms with van der Waals surface area (Å²) in [4.78, 5) is 26.4. The molecule has 0 spiro atoms. The van der Waals surface area contributed by atoms with Crippen LogP contribution >= 0.6 is 0 Å². The highest BCUT2D eigenvalue weighted by Gasteiger charge is 2.19. The first-order valence-corrected chi connectivity index (χ1v) is 15.1. The highest BCUT2D eigenvalue weighted by Crippen LogP contribution is 2.30. The molecular weight excluding hydrogens is 548 g/mol. The third kappa shape index (κ3) is 6.66. The van der Waals surface area contributed by atoms with Crippen molar-refractivity contribution in [2.75, 3.05) is 41.7 Å². The molecule has 0 aliphatic carbocycles. The van der Waals surface area contributed by atoms with Crippen molar-refractivity contribution in [2.45, 2.75) is 33.7 Å². The Morgan fingerprint density at radius 3 is 2.39 bits per heavy atom. The minimum Gasteiger partial charge on any atom is -0.410 e. The molecule has 44 heavy (non-hydrogen) atoms. The first-order chi connectivity index (χ1) is 21.3. The Kier molecular flexibility index (Phi) is 8.43. The van der Waals surface area contributed by atoms with Gasteiger partial charge in [-0.05, 0) is 109 Å². The summed E-state index contributed by atoms with van der Waals surface area (Å²) in [5.41, 5.74) is 6.99. The highest BCUT2D eigenvalue weighted by atomic mass is 16.6. The van der Waals surface area contributed by atoms with E-state index in [2.05, 4.69) is 107 Å². The SMILES string of the molecule is Cc1cccc(-c2ccc3cc(OC(=O)Nc4ccnc(Nc5ccc(N6CCN(C(C)C)CC6)cc5)n4)ccc3c2)c1C. The maximum atomic E-state index is 12.7. The van der Waals surface area contributed by atoms with Gasteiger partial charge in [-0.15, -0.1) is 0 Å². The molecule has 0 bridgehead atoms. The number of fused-ring (bicyclic) bond motifs is 1. The lowest BCUT2D eigenvalue weighted by molar-refractivity contribution is 0.209. The predicted molar refractivity (Wildman–Crippen MR) is 179 cm³/mol. The molecule has 2 heterocycles. The second kappa shape index (κ2) is 12.7. The van der Waals surface area contributed by atoms with E-state index in [0.29, 0.717) is 23.6 Å². The molecule has 0 saturated carbocycles. The molecular formula is C36H38N6O2. The van der Waals surface area contributed by atoms with Crippen molar-refractivity contribution < 1.29 is 9.53 Å². The third-order valence-electron chi connectivity index (χ3n) is 8.36. The summed E-state index contributed by atoms with van der Waals surface area (Å²) >= 11 is 0. The molecule has 6 rings (SSSR count). The molecule has 8 heteroatoms. The zero-order chi connectivity index (χ0) is 30.6. The van der Waals surface area contributed by atoms with Gasteiger partial charge in [-0.3, -0.25) is 10.2 Å². The molecule has 1 saturated heterocycles. The van der Waals surface area contributed by atoms with Gasteiger partial charge in [-0.2, -0.15) is 4.98 Å². The Morgan fingerprint density at radius 1 is 0.864 bits per heavy atom. The molecule has 0 unspecified atom stereocenters. The number of anilines is 4. The Hall–Kier alpha value is -4.95. The van der Waals surface area contributed by atoms with Gasteiger partial charge < -0.3 is 15.0 Å². The quantitative estimate of drug-likeness (QED) is 0.201. The fraction of sp³-hybridized carbons (Fsp3) is 0.250. The lowest BCUT2D eigenvalue weighted by atomic mass is 9.95. The van der Waals surface area contributed by atoms with Crippen LogP contribution in [0, 0.1) is 13.8 Å². The van der Waals surface area contributed by atoms with Crippen molar-refractivity contribution in [2.24, 2.45) is 0 Å². The fourth-order valence-electron chi connectivity index (χ4n) is 5.63. The van der Waals surface area contributed by atoms with Crippen LogP contribution in [-0.2, 0) is 0 Å². The smallest absolute Gasteiger partial charge is 0.410 e. The van der Waals surface area contributed by atoms with Crippen molar-refractivity contribution >= 4 is 40.0 Å². The number of rotatable bonds is 7. The van der Waals surface area contributed by atoms with Crippen LogP contribution in [0.25, 0.3) is 21.9 Å². The average Bonchev–Trinajstić information content (AvgIpc) is 3.03. The fourth-order valence-corrected chi connectivity index (χ4v) is 5.63. The van der Waals surface area contributed by atoms with E-state index in [0.717, 1.165) is 48.2 Å². The van der Waals surface area contributed by atoms with Crippen LogP contribution in [0.4, 0.5) is 27.9 Å². The molecule has 224 valence electrons. The molecule has 8 nitrogen and oxygen atoms in total. The van der Waals surface area contributed by atoms with Crippen molar-refractivity contribution in [1.29, 1.82) is 0 Å². The Bertz CT molecular complexity index is 1780. The van der Waals surface area contributed by atoms with Gasteiger partial charge in [0.1, 0.15) is 11.6 Å². The summed E-state index contributed by atoms with van der Waals surface area (Å²) in [7, 11) is 0. The van der Waals surface area contributed by atoms with Crippen LogP contribution in [0.3, 0.4) is 0 Å². The summed E-state index contributed by atoms with van der Waals surface area (Å²) in [5.74, 6) is 1.17. The third-order valence-corrected chi connectivity index (χ3v) is 8.36. The van der Waals surface area contributed by atoms with Crippen LogP contribution in [0.15, 0.2) is 91.1 Å². The van der Waals surface area contributed by atoms with Crippen LogP contribution in [-0.4, -0.2) is 53.2 Å². The van der Waals surface area contributed by atoms with Crippen molar-refractivity contribution in [1.82, 2.24) is 14.9 Å². The summed E-state index contributed by atoms with van der Waals surface area (Å²) in [5, 5.41) is 7.99. The van der Waals surface area contributed by atoms with Crippen molar-refractivity contribution in [3.63, 3.8) is 0 Å². The van der Waals surface area contributed by atoms with Gasteiger partial charge in [0.15, 0.2) is 0 Å². The number of piperazine rings is 1. The largest absolute Gasteiger partial charge is 0.418 e. The van der Waals surface area contributed by atoms with Gasteiger partial charge in [0, 0.05) is 49.8 Å². The molecule has 0 radical (unpaired) electrons. The number of aryl methyl sites for hydroxylation is 1. The number of benzene rings is 4. The first-order valence-electron chi connectivity index (χ1n) is 15.1. The summed E-state index contributed by atoms with van der Waals surface area (Å²) in [6, 6.07) is 28.8. The molecule has 1 amide bonds. The first kappa shape index (κ1) is 29.1. The van der Waals surface area contributed by atoms with E-state index in [1.54, 1.807) is 18.3 Å². The number of ether oxygens (including phenoxy) is 1. The van der Waals surface area contributed by atoms with E-state index in [1.165, 1.54) is 22.4 Å². The van der Waals surface area contributed by atoms with Crippen molar-refractivity contribution in [3.05, 3.63) is 102 Å². The number of amides is 1. The predicted octanol–water partition coefficient (Wildman–Crippen LogP) is 7.80. The van der Waals surface area contributed by atoms with Gasteiger partial charge in [0.05, 0.1) is 0 Å². The zero-order valence-corrected chi connectivity index (χ0v) is 25.7. The number of aromatic nitrogens is 2. The molecule has 1 aliphatic rings. The number of hydrogen-bond acceptors (Lipinski definition) is 7.